The first kappa shape index (κ1) is 14.5. The molecule has 1 aliphatic heterocycles. The number of nitrogens with one attached hydrogen (secondary N) is 1. The highest BCUT2D eigenvalue weighted by atomic mass is 35.5. The molecule has 0 saturated carbocycles. The SMILES string of the molecule is CC(C)C1OCC(Cc2nc[nH]n2)(c2ccc(Cl)cc2)O1. The highest BCUT2D eigenvalue weighted by Gasteiger charge is 2.44. The number of nitrogens with zero attached hydrogens (tertiary/aromatic N) is 2. The predicted octanol–water partition coefficient (Wildman–Crippen LogP) is 2.93. The van der Waals surface area contributed by atoms with E-state index in [1.54, 1.807) is 6.33 Å². The Balaban J connectivity index is 1.93. The van der Waals surface area contributed by atoms with Crippen LogP contribution in [-0.2, 0) is 21.5 Å². The van der Waals surface area contributed by atoms with Crippen molar-refractivity contribution >= 4 is 11.6 Å². The third-order valence-corrected chi connectivity index (χ3v) is 3.90. The molecule has 6 heteroatoms. The number of ether oxygens (including phenoxy) is 2. The van der Waals surface area contributed by atoms with Crippen LogP contribution in [0.2, 0.25) is 5.02 Å². The van der Waals surface area contributed by atoms with Gasteiger partial charge in [-0.25, -0.2) is 4.98 Å². The maximum Gasteiger partial charge on any atom is 0.161 e. The van der Waals surface area contributed by atoms with Gasteiger partial charge in [0.25, 0.3) is 0 Å². The van der Waals surface area contributed by atoms with Gasteiger partial charge in [0.1, 0.15) is 11.9 Å². The lowest BCUT2D eigenvalue weighted by molar-refractivity contribution is -0.117. The van der Waals surface area contributed by atoms with Gasteiger partial charge in [-0.15, -0.1) is 0 Å². The van der Waals surface area contributed by atoms with Crippen molar-refractivity contribution in [3.05, 3.63) is 47.0 Å². The number of hydrogen-bond acceptors (Lipinski definition) is 4. The Bertz CT molecular complexity index is 585. The Morgan fingerprint density at radius 2 is 2.14 bits per heavy atom. The number of aromatic amines is 1. The molecule has 0 bridgehead atoms. The summed E-state index contributed by atoms with van der Waals surface area (Å²) in [5.74, 6) is 0.990. The lowest BCUT2D eigenvalue weighted by atomic mass is 9.91. The molecule has 0 amide bonds. The zero-order valence-corrected chi connectivity index (χ0v) is 12.8. The van der Waals surface area contributed by atoms with Gasteiger partial charge in [0.15, 0.2) is 12.1 Å². The summed E-state index contributed by atoms with van der Waals surface area (Å²) in [7, 11) is 0. The van der Waals surface area contributed by atoms with Gasteiger partial charge < -0.3 is 9.47 Å². The molecule has 2 aromatic rings. The van der Waals surface area contributed by atoms with Crippen LogP contribution in [0.4, 0.5) is 0 Å². The van der Waals surface area contributed by atoms with E-state index in [1.165, 1.54) is 0 Å². The molecule has 1 N–H and O–H groups in total. The van der Waals surface area contributed by atoms with Gasteiger partial charge in [-0.1, -0.05) is 37.6 Å². The average molecular weight is 308 g/mol. The van der Waals surface area contributed by atoms with E-state index in [1.807, 2.05) is 24.3 Å². The van der Waals surface area contributed by atoms with E-state index in [0.29, 0.717) is 23.9 Å². The summed E-state index contributed by atoms with van der Waals surface area (Å²) >= 11 is 5.98. The number of aromatic nitrogens is 3. The van der Waals surface area contributed by atoms with E-state index >= 15 is 0 Å². The molecule has 1 aromatic heterocycles. The molecular formula is C15H18ClN3O2. The van der Waals surface area contributed by atoms with Crippen molar-refractivity contribution in [1.82, 2.24) is 15.2 Å². The lowest BCUT2D eigenvalue weighted by Gasteiger charge is -2.27. The molecule has 112 valence electrons. The zero-order valence-electron chi connectivity index (χ0n) is 12.0. The van der Waals surface area contributed by atoms with Crippen LogP contribution in [0.1, 0.15) is 25.2 Å². The molecule has 2 atom stereocenters. The summed E-state index contributed by atoms with van der Waals surface area (Å²) in [5.41, 5.74) is 0.460. The van der Waals surface area contributed by atoms with Gasteiger partial charge in [0, 0.05) is 17.4 Å². The van der Waals surface area contributed by atoms with Crippen LogP contribution < -0.4 is 0 Å². The van der Waals surface area contributed by atoms with Crippen molar-refractivity contribution in [1.29, 1.82) is 0 Å². The fraction of sp³-hybridized carbons (Fsp3) is 0.467. The Morgan fingerprint density at radius 3 is 2.71 bits per heavy atom. The van der Waals surface area contributed by atoms with Crippen molar-refractivity contribution < 1.29 is 9.47 Å². The fourth-order valence-electron chi connectivity index (χ4n) is 2.51. The first-order valence-corrected chi connectivity index (χ1v) is 7.37. The second-order valence-electron chi connectivity index (χ2n) is 5.63. The Hall–Kier alpha value is -1.43. The van der Waals surface area contributed by atoms with E-state index in [-0.39, 0.29) is 12.2 Å². The molecule has 0 spiro atoms. The van der Waals surface area contributed by atoms with Crippen LogP contribution in [0.5, 0.6) is 0 Å². The van der Waals surface area contributed by atoms with Gasteiger partial charge in [-0.05, 0) is 17.7 Å². The second-order valence-corrected chi connectivity index (χ2v) is 6.07. The number of H-pyrrole nitrogens is 1. The van der Waals surface area contributed by atoms with Crippen LogP contribution in [0, 0.1) is 5.92 Å². The Morgan fingerprint density at radius 1 is 1.38 bits per heavy atom. The zero-order chi connectivity index (χ0) is 14.9. The highest BCUT2D eigenvalue weighted by molar-refractivity contribution is 6.30. The molecule has 5 nitrogen and oxygen atoms in total. The minimum Gasteiger partial charge on any atom is -0.349 e. The molecule has 1 saturated heterocycles. The molecule has 0 radical (unpaired) electrons. The van der Waals surface area contributed by atoms with Gasteiger partial charge in [0.2, 0.25) is 0 Å². The van der Waals surface area contributed by atoms with Gasteiger partial charge in [0.05, 0.1) is 6.61 Å². The lowest BCUT2D eigenvalue weighted by Crippen LogP contribution is -2.33. The summed E-state index contributed by atoms with van der Waals surface area (Å²) in [6, 6.07) is 7.67. The first-order valence-electron chi connectivity index (χ1n) is 6.99. The predicted molar refractivity (Wildman–Crippen MR) is 78.9 cm³/mol. The number of benzene rings is 1. The molecule has 1 fully saturated rings. The molecular weight excluding hydrogens is 290 g/mol. The van der Waals surface area contributed by atoms with Gasteiger partial charge in [-0.3, -0.25) is 5.10 Å². The van der Waals surface area contributed by atoms with E-state index in [2.05, 4.69) is 29.0 Å². The topological polar surface area (TPSA) is 60.0 Å². The third kappa shape index (κ3) is 2.95. The quantitative estimate of drug-likeness (QED) is 0.943. The van der Waals surface area contributed by atoms with Crippen molar-refractivity contribution in [3.8, 4) is 0 Å². The van der Waals surface area contributed by atoms with Crippen molar-refractivity contribution in [2.45, 2.75) is 32.2 Å². The smallest absolute Gasteiger partial charge is 0.161 e. The van der Waals surface area contributed by atoms with E-state index in [0.717, 1.165) is 5.56 Å². The second kappa shape index (κ2) is 5.75. The van der Waals surface area contributed by atoms with Gasteiger partial charge >= 0.3 is 0 Å². The van der Waals surface area contributed by atoms with Crippen molar-refractivity contribution in [2.75, 3.05) is 6.61 Å². The summed E-state index contributed by atoms with van der Waals surface area (Å²) in [4.78, 5) is 4.21. The normalized spacial score (nSPS) is 25.6. The van der Waals surface area contributed by atoms with Crippen molar-refractivity contribution in [2.24, 2.45) is 5.92 Å². The van der Waals surface area contributed by atoms with Crippen LogP contribution in [0.25, 0.3) is 0 Å². The summed E-state index contributed by atoms with van der Waals surface area (Å²) in [5, 5.41) is 7.58. The van der Waals surface area contributed by atoms with E-state index in [9.17, 15) is 0 Å². The molecule has 21 heavy (non-hydrogen) atoms. The minimum absolute atomic E-state index is 0.223. The van der Waals surface area contributed by atoms with Gasteiger partial charge in [-0.2, -0.15) is 5.10 Å². The first-order chi connectivity index (χ1) is 10.1. The molecule has 2 unspecified atom stereocenters. The van der Waals surface area contributed by atoms with Crippen LogP contribution in [-0.4, -0.2) is 28.1 Å². The average Bonchev–Trinajstić information content (AvgIpc) is 3.10. The highest BCUT2D eigenvalue weighted by Crippen LogP contribution is 2.38. The van der Waals surface area contributed by atoms with E-state index in [4.69, 9.17) is 21.1 Å². The minimum atomic E-state index is -0.568. The fourth-order valence-corrected chi connectivity index (χ4v) is 2.64. The number of hydrogen-bond donors (Lipinski definition) is 1. The molecule has 0 aliphatic carbocycles. The summed E-state index contributed by atoms with van der Waals surface area (Å²) in [6.45, 7) is 4.64. The van der Waals surface area contributed by atoms with Crippen LogP contribution >= 0.6 is 11.6 Å². The van der Waals surface area contributed by atoms with Crippen LogP contribution in [0.3, 0.4) is 0 Å². The molecule has 2 heterocycles. The molecule has 3 rings (SSSR count). The molecule has 1 aliphatic rings. The Labute approximate surface area is 128 Å². The Kier molecular flexibility index (Phi) is 3.97. The summed E-state index contributed by atoms with van der Waals surface area (Å²) in [6.07, 6.45) is 1.90. The van der Waals surface area contributed by atoms with E-state index < -0.39 is 5.60 Å². The third-order valence-electron chi connectivity index (χ3n) is 3.65. The number of rotatable bonds is 4. The number of halogens is 1. The standard InChI is InChI=1S/C15H18ClN3O2/c1-10(2)14-20-8-15(21-14,7-13-17-9-18-19-13)11-3-5-12(16)6-4-11/h3-6,9-10,14H,7-8H2,1-2H3,(H,17,18,19). The van der Waals surface area contributed by atoms with Crippen molar-refractivity contribution in [3.63, 3.8) is 0 Å². The molecule has 1 aromatic carbocycles. The maximum absolute atomic E-state index is 6.25. The van der Waals surface area contributed by atoms with Crippen LogP contribution in [0.15, 0.2) is 30.6 Å². The summed E-state index contributed by atoms with van der Waals surface area (Å²) < 4.78 is 12.1. The largest absolute Gasteiger partial charge is 0.349 e. The maximum atomic E-state index is 6.25. The monoisotopic (exact) mass is 307 g/mol.